The van der Waals surface area contributed by atoms with E-state index >= 15 is 0 Å². The van der Waals surface area contributed by atoms with Crippen LogP contribution in [0.5, 0.6) is 0 Å². The summed E-state index contributed by atoms with van der Waals surface area (Å²) in [5, 5.41) is 6.25. The maximum Gasteiger partial charge on any atom is 0.267 e. The average molecular weight is 357 g/mol. The highest BCUT2D eigenvalue weighted by atomic mass is 32.2. The summed E-state index contributed by atoms with van der Waals surface area (Å²) in [5.41, 5.74) is 0. The first kappa shape index (κ1) is 17.6. The Balaban J connectivity index is 2.22. The molecule has 0 aromatic carbocycles. The molecule has 0 fully saturated rings. The van der Waals surface area contributed by atoms with E-state index < -0.39 is 15.9 Å². The van der Waals surface area contributed by atoms with E-state index in [1.165, 1.54) is 6.07 Å². The Hall–Kier alpha value is -1.71. The van der Waals surface area contributed by atoms with Gasteiger partial charge in [0.2, 0.25) is 10.0 Å². The van der Waals surface area contributed by atoms with E-state index in [-0.39, 0.29) is 10.9 Å². The summed E-state index contributed by atoms with van der Waals surface area (Å²) in [6.45, 7) is 7.07. The number of thiophene rings is 1. The summed E-state index contributed by atoms with van der Waals surface area (Å²) in [6.07, 6.45) is 0.682. The first-order chi connectivity index (χ1) is 10.7. The molecule has 1 amide bonds. The molecule has 2 heterocycles. The Morgan fingerprint density at radius 1 is 1.39 bits per heavy atom. The number of aromatic nitrogens is 1. The molecule has 2 N–H and O–H groups in total. The van der Waals surface area contributed by atoms with Gasteiger partial charge in [-0.25, -0.2) is 13.1 Å². The standard InChI is InChI=1S/C14H19N3O4S2/c1-5-8(2)17-23(19,20)12-7-11(22-10(12)4)14(18)15-13-6-9(3)21-16-13/h6-8,17H,5H2,1-4H3,(H,15,16,18). The molecule has 0 bridgehead atoms. The summed E-state index contributed by atoms with van der Waals surface area (Å²) in [6, 6.07) is 2.79. The molecule has 23 heavy (non-hydrogen) atoms. The lowest BCUT2D eigenvalue weighted by Crippen LogP contribution is -2.32. The molecular weight excluding hydrogens is 338 g/mol. The van der Waals surface area contributed by atoms with Crippen molar-refractivity contribution >= 4 is 33.1 Å². The summed E-state index contributed by atoms with van der Waals surface area (Å²) in [7, 11) is -3.64. The maximum absolute atomic E-state index is 12.4. The molecular formula is C14H19N3O4S2. The highest BCUT2D eigenvalue weighted by Crippen LogP contribution is 2.26. The highest BCUT2D eigenvalue weighted by Gasteiger charge is 2.23. The van der Waals surface area contributed by atoms with Crippen molar-refractivity contribution in [2.75, 3.05) is 5.32 Å². The molecule has 0 spiro atoms. The minimum atomic E-state index is -3.64. The molecule has 0 aliphatic rings. The second kappa shape index (κ2) is 6.81. The minimum absolute atomic E-state index is 0.129. The van der Waals surface area contributed by atoms with Gasteiger partial charge in [0.05, 0.1) is 9.77 Å². The van der Waals surface area contributed by atoms with E-state index in [0.29, 0.717) is 27.8 Å². The predicted molar refractivity (Wildman–Crippen MR) is 88.3 cm³/mol. The van der Waals surface area contributed by atoms with Crippen molar-refractivity contribution in [3.05, 3.63) is 27.6 Å². The van der Waals surface area contributed by atoms with Crippen LogP contribution in [0.15, 0.2) is 21.6 Å². The molecule has 7 nitrogen and oxygen atoms in total. The topological polar surface area (TPSA) is 101 Å². The fourth-order valence-corrected chi connectivity index (χ4v) is 4.67. The third-order valence-corrected chi connectivity index (χ3v) is 6.12. The molecule has 0 aliphatic heterocycles. The Morgan fingerprint density at radius 3 is 2.65 bits per heavy atom. The van der Waals surface area contributed by atoms with E-state index in [0.717, 1.165) is 11.3 Å². The lowest BCUT2D eigenvalue weighted by atomic mass is 10.3. The van der Waals surface area contributed by atoms with Gasteiger partial charge in [-0.3, -0.25) is 4.79 Å². The first-order valence-corrected chi connectivity index (χ1v) is 9.40. The summed E-state index contributed by atoms with van der Waals surface area (Å²) >= 11 is 1.12. The molecule has 0 saturated carbocycles. The van der Waals surface area contributed by atoms with Crippen LogP contribution >= 0.6 is 11.3 Å². The van der Waals surface area contributed by atoms with Crippen molar-refractivity contribution in [2.45, 2.75) is 45.1 Å². The lowest BCUT2D eigenvalue weighted by molar-refractivity contribution is 0.102. The monoisotopic (exact) mass is 357 g/mol. The van der Waals surface area contributed by atoms with Gasteiger partial charge in [-0.1, -0.05) is 12.1 Å². The molecule has 1 atom stereocenters. The summed E-state index contributed by atoms with van der Waals surface area (Å²) < 4.78 is 32.2. The first-order valence-electron chi connectivity index (χ1n) is 7.10. The minimum Gasteiger partial charge on any atom is -0.360 e. The van der Waals surface area contributed by atoms with Crippen molar-refractivity contribution in [1.82, 2.24) is 9.88 Å². The van der Waals surface area contributed by atoms with Gasteiger partial charge < -0.3 is 9.84 Å². The van der Waals surface area contributed by atoms with Crippen LogP contribution in [-0.4, -0.2) is 25.5 Å². The van der Waals surface area contributed by atoms with Gasteiger partial charge in [0, 0.05) is 17.0 Å². The van der Waals surface area contributed by atoms with Gasteiger partial charge in [-0.2, -0.15) is 0 Å². The van der Waals surface area contributed by atoms with Crippen molar-refractivity contribution < 1.29 is 17.7 Å². The smallest absolute Gasteiger partial charge is 0.267 e. The van der Waals surface area contributed by atoms with Gasteiger partial charge in [-0.05, 0) is 33.3 Å². The zero-order chi connectivity index (χ0) is 17.2. The zero-order valence-corrected chi connectivity index (χ0v) is 15.0. The third-order valence-electron chi connectivity index (χ3n) is 3.22. The fraction of sp³-hybridized carbons (Fsp3) is 0.429. The molecule has 0 saturated heterocycles. The molecule has 9 heteroatoms. The number of amides is 1. The number of nitrogens with one attached hydrogen (secondary N) is 2. The summed E-state index contributed by atoms with van der Waals surface area (Å²) in [4.78, 5) is 13.2. The van der Waals surface area contributed by atoms with Crippen LogP contribution in [0.4, 0.5) is 5.82 Å². The molecule has 0 radical (unpaired) electrons. The summed E-state index contributed by atoms with van der Waals surface area (Å²) in [5.74, 6) is 0.445. The van der Waals surface area contributed by atoms with Crippen molar-refractivity contribution in [3.8, 4) is 0 Å². The Morgan fingerprint density at radius 2 is 2.09 bits per heavy atom. The van der Waals surface area contributed by atoms with E-state index in [2.05, 4.69) is 15.2 Å². The molecule has 1 unspecified atom stereocenters. The van der Waals surface area contributed by atoms with Crippen LogP contribution in [0.25, 0.3) is 0 Å². The SMILES string of the molecule is CCC(C)NS(=O)(=O)c1cc(C(=O)Nc2cc(C)on2)sc1C. The van der Waals surface area contributed by atoms with Crippen molar-refractivity contribution in [2.24, 2.45) is 0 Å². The van der Waals surface area contributed by atoms with Crippen molar-refractivity contribution in [3.63, 3.8) is 0 Å². The quantitative estimate of drug-likeness (QED) is 0.828. The van der Waals surface area contributed by atoms with Crippen LogP contribution in [-0.2, 0) is 10.0 Å². The Bertz CT molecular complexity index is 808. The van der Waals surface area contributed by atoms with Gasteiger partial charge in [0.1, 0.15) is 5.76 Å². The number of carbonyl (C=O) groups excluding carboxylic acids is 1. The molecule has 0 aliphatic carbocycles. The molecule has 126 valence electrons. The van der Waals surface area contributed by atoms with E-state index in [1.54, 1.807) is 26.8 Å². The number of aryl methyl sites for hydroxylation is 2. The second-order valence-electron chi connectivity index (χ2n) is 5.24. The normalized spacial score (nSPS) is 13.0. The highest BCUT2D eigenvalue weighted by molar-refractivity contribution is 7.89. The predicted octanol–water partition coefficient (Wildman–Crippen LogP) is 2.68. The lowest BCUT2D eigenvalue weighted by Gasteiger charge is -2.11. The van der Waals surface area contributed by atoms with Gasteiger partial charge in [0.25, 0.3) is 5.91 Å². The maximum atomic E-state index is 12.4. The van der Waals surface area contributed by atoms with E-state index in [9.17, 15) is 13.2 Å². The average Bonchev–Trinajstić information content (AvgIpc) is 3.04. The second-order valence-corrected chi connectivity index (χ2v) is 8.18. The van der Waals surface area contributed by atoms with E-state index in [1.807, 2.05) is 6.92 Å². The van der Waals surface area contributed by atoms with Gasteiger partial charge >= 0.3 is 0 Å². The van der Waals surface area contributed by atoms with Crippen LogP contribution < -0.4 is 10.0 Å². The number of rotatable bonds is 6. The van der Waals surface area contributed by atoms with Crippen LogP contribution in [0, 0.1) is 13.8 Å². The number of hydrogen-bond donors (Lipinski definition) is 2. The number of nitrogens with zero attached hydrogens (tertiary/aromatic N) is 1. The number of carbonyl (C=O) groups is 1. The Kier molecular flexibility index (Phi) is 5.23. The molecule has 2 rings (SSSR count). The Labute approximate surface area is 139 Å². The van der Waals surface area contributed by atoms with Gasteiger partial charge in [0.15, 0.2) is 5.82 Å². The van der Waals surface area contributed by atoms with Crippen molar-refractivity contribution in [1.29, 1.82) is 0 Å². The van der Waals surface area contributed by atoms with Crippen LogP contribution in [0.2, 0.25) is 0 Å². The number of anilines is 1. The third kappa shape index (κ3) is 4.18. The molecule has 2 aromatic rings. The molecule has 2 aromatic heterocycles. The largest absolute Gasteiger partial charge is 0.360 e. The number of hydrogen-bond acceptors (Lipinski definition) is 6. The fourth-order valence-electron chi connectivity index (χ4n) is 1.86. The zero-order valence-electron chi connectivity index (χ0n) is 13.3. The van der Waals surface area contributed by atoms with Gasteiger partial charge in [-0.15, -0.1) is 11.3 Å². The van der Waals surface area contributed by atoms with Crippen LogP contribution in [0.3, 0.4) is 0 Å². The van der Waals surface area contributed by atoms with E-state index in [4.69, 9.17) is 4.52 Å². The van der Waals surface area contributed by atoms with Crippen LogP contribution in [0.1, 0.15) is 40.6 Å². The number of sulfonamides is 1.